The second-order valence-electron chi connectivity index (χ2n) is 7.67. The molecule has 0 aliphatic rings. The molecule has 0 saturated heterocycles. The van der Waals surface area contributed by atoms with Gasteiger partial charge >= 0.3 is 70.5 Å². The molecule has 258 valence electrons. The summed E-state index contributed by atoms with van der Waals surface area (Å²) >= 11 is -9.21. The number of hydrogen-bond acceptors (Lipinski definition) is 6. The number of rotatable bonds is 10. The Kier molecular flexibility index (Phi) is 18.1. The number of carbonyl (C=O) groups is 2. The molecule has 25 heteroatoms. The van der Waals surface area contributed by atoms with E-state index in [1.54, 1.807) is 24.3 Å². The van der Waals surface area contributed by atoms with Gasteiger partial charge in [0.25, 0.3) is 5.78 Å². The van der Waals surface area contributed by atoms with Gasteiger partial charge in [-0.1, -0.05) is 60.7 Å². The number of benzene rings is 2. The standard InChI is InChI=1S/C11H7F7O3S.C8H6N2O.C3HF7O2S.Na/c12-9(13,10(14,15)16)11(17,18)22(20)21-6-8(19)7-4-2-1-3-5-7;9-10-6-8(11)7-4-2-1-3-5-7;4-1(5,2(6,7)8)3(9,10)13(11)12;/h1-5H,6H2;1-6H;(H,11,12);/q;;;+1/p-1. The van der Waals surface area contributed by atoms with Crippen LogP contribution >= 0.6 is 0 Å². The van der Waals surface area contributed by atoms with E-state index in [1.807, 2.05) is 6.07 Å². The van der Waals surface area contributed by atoms with Gasteiger partial charge in [0.2, 0.25) is 11.1 Å². The molecule has 2 unspecified atom stereocenters. The van der Waals surface area contributed by atoms with Crippen molar-refractivity contribution < 1.29 is 123 Å². The number of carbonyl (C=O) groups excluding carboxylic acids is 2. The van der Waals surface area contributed by atoms with E-state index in [4.69, 9.17) is 5.53 Å². The van der Waals surface area contributed by atoms with Gasteiger partial charge in [-0.15, -0.1) is 0 Å². The topological polar surface area (TPSA) is 137 Å². The van der Waals surface area contributed by atoms with Crippen LogP contribution in [-0.4, -0.2) is 76.9 Å². The fraction of sp³-hybridized carbons (Fsp3) is 0.318. The normalized spacial score (nSPS) is 13.6. The molecule has 0 N–H and O–H groups in total. The third-order valence-electron chi connectivity index (χ3n) is 4.49. The Bertz CT molecular complexity index is 1420. The number of nitrogens with zero attached hydrogens (tertiary/aromatic N) is 2. The van der Waals surface area contributed by atoms with Crippen molar-refractivity contribution in [3.8, 4) is 0 Å². The molecule has 0 spiro atoms. The Morgan fingerprint density at radius 3 is 1.38 bits per heavy atom. The Hall–Kier alpha value is -2.60. The van der Waals surface area contributed by atoms with Crippen LogP contribution < -0.4 is 29.6 Å². The molecule has 2 aromatic carbocycles. The van der Waals surface area contributed by atoms with Crippen LogP contribution in [0.1, 0.15) is 20.7 Å². The molecule has 2 atom stereocenters. The summed E-state index contributed by atoms with van der Waals surface area (Å²) in [6.45, 7) is -1.35. The number of Topliss-reactive ketones (excluding diaryl/α,β-unsaturated/α-hetero) is 2. The SMILES string of the molecule is O=C(COS(=O)C(F)(F)C(F)(F)C(F)(F)F)c1ccccc1.O=S([O-])C(F)(F)C(F)(F)C(F)(F)F.[N-]=[N+]=CC(=O)c1ccccc1.[Na+]. The summed E-state index contributed by atoms with van der Waals surface area (Å²) in [5.41, 5.74) is 8.49. The summed E-state index contributed by atoms with van der Waals surface area (Å²) in [5, 5.41) is -12.2. The maximum Gasteiger partial charge on any atom is 1.00 e. The van der Waals surface area contributed by atoms with Crippen molar-refractivity contribution >= 4 is 39.9 Å². The monoisotopic (exact) mass is 754 g/mol. The first-order valence-corrected chi connectivity index (χ1v) is 13.0. The van der Waals surface area contributed by atoms with Crippen molar-refractivity contribution in [3.63, 3.8) is 0 Å². The molecule has 2 rings (SSSR count). The van der Waals surface area contributed by atoms with E-state index in [9.17, 15) is 84.0 Å². The van der Waals surface area contributed by atoms with Crippen LogP contribution in [0.15, 0.2) is 60.7 Å². The third kappa shape index (κ3) is 12.4. The summed E-state index contributed by atoms with van der Waals surface area (Å²) in [7, 11) is 0. The number of ketones is 2. The zero-order chi connectivity index (χ0) is 36.4. The van der Waals surface area contributed by atoms with E-state index >= 15 is 0 Å². The quantitative estimate of drug-likeness (QED) is 0.0696. The van der Waals surface area contributed by atoms with Crippen molar-refractivity contribution in [2.75, 3.05) is 6.61 Å². The van der Waals surface area contributed by atoms with Gasteiger partial charge in [0.05, 0.1) is 0 Å². The van der Waals surface area contributed by atoms with Gasteiger partial charge in [0, 0.05) is 22.2 Å². The van der Waals surface area contributed by atoms with Crippen molar-refractivity contribution in [2.24, 2.45) is 0 Å². The predicted molar refractivity (Wildman–Crippen MR) is 126 cm³/mol. The van der Waals surface area contributed by atoms with Crippen LogP contribution in [0.3, 0.4) is 0 Å². The summed E-state index contributed by atoms with van der Waals surface area (Å²) in [6.07, 6.45) is -12.4. The zero-order valence-electron chi connectivity index (χ0n) is 22.5. The van der Waals surface area contributed by atoms with Crippen molar-refractivity contribution in [2.45, 2.75) is 34.7 Å². The van der Waals surface area contributed by atoms with Gasteiger partial charge in [-0.2, -0.15) is 66.3 Å². The fourth-order valence-electron chi connectivity index (χ4n) is 2.16. The molecule has 47 heavy (non-hydrogen) atoms. The second-order valence-corrected chi connectivity index (χ2v) is 9.87. The average molecular weight is 754 g/mol. The Morgan fingerprint density at radius 2 is 1.06 bits per heavy atom. The fourth-order valence-corrected chi connectivity index (χ4v) is 3.17. The van der Waals surface area contributed by atoms with Crippen LogP contribution in [0.25, 0.3) is 5.53 Å². The van der Waals surface area contributed by atoms with E-state index in [-0.39, 0.29) is 40.9 Å². The predicted octanol–water partition coefficient (Wildman–Crippen LogP) is 3.17. The number of halogens is 14. The molecule has 0 fully saturated rings. The minimum absolute atomic E-state index is 0. The van der Waals surface area contributed by atoms with Crippen molar-refractivity contribution in [3.05, 3.63) is 77.3 Å². The van der Waals surface area contributed by atoms with Gasteiger partial charge < -0.3 is 10.1 Å². The van der Waals surface area contributed by atoms with E-state index in [1.165, 1.54) is 30.3 Å². The first kappa shape index (κ1) is 46.5. The minimum Gasteiger partial charge on any atom is -0.768 e. The van der Waals surface area contributed by atoms with Crippen LogP contribution in [0.2, 0.25) is 0 Å². The van der Waals surface area contributed by atoms with Gasteiger partial charge in [-0.05, 0) is 0 Å². The van der Waals surface area contributed by atoms with E-state index in [0.717, 1.165) is 6.21 Å². The maximum atomic E-state index is 12.9. The first-order valence-electron chi connectivity index (χ1n) is 10.8. The molecule has 0 saturated carbocycles. The van der Waals surface area contributed by atoms with Crippen LogP contribution in [0.4, 0.5) is 61.5 Å². The van der Waals surface area contributed by atoms with Crippen molar-refractivity contribution in [1.82, 2.24) is 0 Å². The zero-order valence-corrected chi connectivity index (χ0v) is 26.1. The molecule has 0 bridgehead atoms. The minimum atomic E-state index is -6.63. The van der Waals surface area contributed by atoms with Gasteiger partial charge in [0.1, 0.15) is 6.61 Å². The van der Waals surface area contributed by atoms with Crippen LogP contribution in [0, 0.1) is 0 Å². The third-order valence-corrected chi connectivity index (χ3v) is 6.17. The molecular weight excluding hydrogens is 741 g/mol. The summed E-state index contributed by atoms with van der Waals surface area (Å²) in [5.74, 6) is -14.5. The van der Waals surface area contributed by atoms with E-state index < -0.39 is 69.3 Å². The molecule has 0 aliphatic heterocycles. The van der Waals surface area contributed by atoms with Crippen LogP contribution in [0.5, 0.6) is 0 Å². The summed E-state index contributed by atoms with van der Waals surface area (Å²) < 4.78 is 200. The van der Waals surface area contributed by atoms with Crippen molar-refractivity contribution in [1.29, 1.82) is 0 Å². The number of hydrogen-bond donors (Lipinski definition) is 0. The van der Waals surface area contributed by atoms with E-state index in [0.29, 0.717) is 5.56 Å². The maximum absolute atomic E-state index is 12.9. The van der Waals surface area contributed by atoms with Gasteiger partial charge in [-0.3, -0.25) is 18.0 Å². The Balaban J connectivity index is 0. The van der Waals surface area contributed by atoms with Gasteiger partial charge in [-0.25, -0.2) is 4.21 Å². The Labute approximate surface area is 280 Å². The average Bonchev–Trinajstić information content (AvgIpc) is 2.96. The van der Waals surface area contributed by atoms with E-state index in [2.05, 4.69) is 8.97 Å². The van der Waals surface area contributed by atoms with Crippen LogP contribution in [-0.2, 0) is 26.3 Å². The molecule has 0 amide bonds. The molecule has 0 aliphatic carbocycles. The van der Waals surface area contributed by atoms with Gasteiger partial charge in [0.15, 0.2) is 5.78 Å². The number of alkyl halides is 14. The molecule has 0 heterocycles. The first-order chi connectivity index (χ1) is 20.7. The summed E-state index contributed by atoms with van der Waals surface area (Å²) in [6, 6.07) is 15.3. The molecule has 2 aromatic rings. The molecule has 8 nitrogen and oxygen atoms in total. The smallest absolute Gasteiger partial charge is 0.768 e. The molecule has 0 aromatic heterocycles. The second kappa shape index (κ2) is 18.2. The molecular formula is C22H13F14N2NaO6S2. The molecule has 0 radical (unpaired) electrons. The Morgan fingerprint density at radius 1 is 0.702 bits per heavy atom. The summed E-state index contributed by atoms with van der Waals surface area (Å²) in [4.78, 5) is 25.0. The largest absolute Gasteiger partial charge is 1.00 e.